The number of rotatable bonds is 5. The maximum Gasteiger partial charge on any atom is 0.0705 e. The SMILES string of the molecule is CC(C)CONC1CC(c2cccc(Cl)c2)C1. The zero-order valence-electron chi connectivity index (χ0n) is 10.4. The van der Waals surface area contributed by atoms with Gasteiger partial charge in [0, 0.05) is 11.1 Å². The summed E-state index contributed by atoms with van der Waals surface area (Å²) in [4.78, 5) is 5.43. The third-order valence-corrected chi connectivity index (χ3v) is 3.36. The molecule has 0 saturated heterocycles. The smallest absolute Gasteiger partial charge is 0.0705 e. The Kier molecular flexibility index (Phi) is 4.43. The lowest BCUT2D eigenvalue weighted by molar-refractivity contribution is -0.0212. The summed E-state index contributed by atoms with van der Waals surface area (Å²) in [6.07, 6.45) is 2.27. The Morgan fingerprint density at radius 1 is 1.41 bits per heavy atom. The molecule has 0 aliphatic heterocycles. The second-order valence-corrected chi connectivity index (χ2v) is 5.68. The molecule has 0 radical (unpaired) electrons. The summed E-state index contributed by atoms with van der Waals surface area (Å²) in [6.45, 7) is 5.08. The fourth-order valence-electron chi connectivity index (χ4n) is 2.08. The topological polar surface area (TPSA) is 21.3 Å². The summed E-state index contributed by atoms with van der Waals surface area (Å²) < 4.78 is 0. The predicted molar refractivity (Wildman–Crippen MR) is 71.1 cm³/mol. The molecule has 1 saturated carbocycles. The van der Waals surface area contributed by atoms with Crippen molar-refractivity contribution in [2.24, 2.45) is 5.92 Å². The highest BCUT2D eigenvalue weighted by Gasteiger charge is 2.30. The van der Waals surface area contributed by atoms with Gasteiger partial charge in [0.15, 0.2) is 0 Å². The Morgan fingerprint density at radius 3 is 2.82 bits per heavy atom. The molecule has 0 bridgehead atoms. The molecule has 17 heavy (non-hydrogen) atoms. The first-order chi connectivity index (χ1) is 8.15. The highest BCUT2D eigenvalue weighted by Crippen LogP contribution is 2.37. The van der Waals surface area contributed by atoms with E-state index in [1.807, 2.05) is 12.1 Å². The summed E-state index contributed by atoms with van der Waals surface area (Å²) in [7, 11) is 0. The van der Waals surface area contributed by atoms with Gasteiger partial charge in [0.1, 0.15) is 0 Å². The maximum atomic E-state index is 5.98. The van der Waals surface area contributed by atoms with E-state index in [4.69, 9.17) is 16.4 Å². The van der Waals surface area contributed by atoms with Crippen LogP contribution in [-0.2, 0) is 4.84 Å². The summed E-state index contributed by atoms with van der Waals surface area (Å²) in [5.74, 6) is 1.21. The van der Waals surface area contributed by atoms with Crippen molar-refractivity contribution in [2.45, 2.75) is 38.6 Å². The average molecular weight is 254 g/mol. The second kappa shape index (κ2) is 5.85. The molecule has 2 nitrogen and oxygen atoms in total. The van der Waals surface area contributed by atoms with Gasteiger partial charge in [0.05, 0.1) is 6.61 Å². The fraction of sp³-hybridized carbons (Fsp3) is 0.571. The Hall–Kier alpha value is -0.570. The van der Waals surface area contributed by atoms with Crippen LogP contribution in [0.5, 0.6) is 0 Å². The lowest BCUT2D eigenvalue weighted by Gasteiger charge is -2.36. The number of hydrogen-bond donors (Lipinski definition) is 1. The van der Waals surface area contributed by atoms with Crippen LogP contribution >= 0.6 is 11.6 Å². The Morgan fingerprint density at radius 2 is 2.18 bits per heavy atom. The minimum Gasteiger partial charge on any atom is -0.301 e. The molecule has 3 heteroatoms. The lowest BCUT2D eigenvalue weighted by atomic mass is 9.76. The van der Waals surface area contributed by atoms with Crippen LogP contribution in [-0.4, -0.2) is 12.6 Å². The molecule has 1 fully saturated rings. The zero-order chi connectivity index (χ0) is 12.3. The number of nitrogens with one attached hydrogen (secondary N) is 1. The Labute approximate surface area is 108 Å². The maximum absolute atomic E-state index is 5.98. The lowest BCUT2D eigenvalue weighted by Crippen LogP contribution is -2.40. The van der Waals surface area contributed by atoms with E-state index in [-0.39, 0.29) is 0 Å². The van der Waals surface area contributed by atoms with E-state index in [9.17, 15) is 0 Å². The molecule has 0 spiro atoms. The molecule has 94 valence electrons. The molecular formula is C14H20ClNO. The molecule has 1 aromatic rings. The molecular weight excluding hydrogens is 234 g/mol. The van der Waals surface area contributed by atoms with E-state index in [1.165, 1.54) is 5.56 Å². The molecule has 0 amide bonds. The second-order valence-electron chi connectivity index (χ2n) is 5.24. The minimum absolute atomic E-state index is 0.498. The molecule has 1 aliphatic carbocycles. The monoisotopic (exact) mass is 253 g/mol. The van der Waals surface area contributed by atoms with Gasteiger partial charge < -0.3 is 4.84 Å². The third kappa shape index (κ3) is 3.70. The largest absolute Gasteiger partial charge is 0.301 e. The fourth-order valence-corrected chi connectivity index (χ4v) is 2.28. The number of benzene rings is 1. The standard InChI is InChI=1S/C14H20ClNO/c1-10(2)9-17-16-14-7-12(8-14)11-4-3-5-13(15)6-11/h3-6,10,12,14,16H,7-9H2,1-2H3. The van der Waals surface area contributed by atoms with Crippen LogP contribution in [0.15, 0.2) is 24.3 Å². The van der Waals surface area contributed by atoms with Crippen LogP contribution < -0.4 is 5.48 Å². The van der Waals surface area contributed by atoms with Gasteiger partial charge in [-0.3, -0.25) is 0 Å². The molecule has 0 unspecified atom stereocenters. The van der Waals surface area contributed by atoms with Crippen LogP contribution in [0, 0.1) is 5.92 Å². The first kappa shape index (κ1) is 12.9. The summed E-state index contributed by atoms with van der Waals surface area (Å²) in [5.41, 5.74) is 4.48. The quantitative estimate of drug-likeness (QED) is 0.807. The summed E-state index contributed by atoms with van der Waals surface area (Å²) in [6, 6.07) is 8.66. The Balaban J connectivity index is 1.72. The van der Waals surface area contributed by atoms with Crippen LogP contribution in [0.2, 0.25) is 5.02 Å². The van der Waals surface area contributed by atoms with Crippen molar-refractivity contribution < 1.29 is 4.84 Å². The van der Waals surface area contributed by atoms with Crippen LogP contribution in [0.4, 0.5) is 0 Å². The van der Waals surface area contributed by atoms with Gasteiger partial charge in [-0.05, 0) is 42.4 Å². The van der Waals surface area contributed by atoms with Crippen molar-refractivity contribution in [3.05, 3.63) is 34.9 Å². The summed E-state index contributed by atoms with van der Waals surface area (Å²) in [5, 5.41) is 0.829. The van der Waals surface area contributed by atoms with Gasteiger partial charge >= 0.3 is 0 Å². The molecule has 1 N–H and O–H groups in total. The van der Waals surface area contributed by atoms with Gasteiger partial charge in [-0.1, -0.05) is 37.6 Å². The first-order valence-corrected chi connectivity index (χ1v) is 6.65. The molecule has 0 atom stereocenters. The Bertz CT molecular complexity index is 361. The van der Waals surface area contributed by atoms with E-state index >= 15 is 0 Å². The molecule has 0 aromatic heterocycles. The zero-order valence-corrected chi connectivity index (χ0v) is 11.2. The molecule has 2 rings (SSSR count). The highest BCUT2D eigenvalue weighted by atomic mass is 35.5. The van der Waals surface area contributed by atoms with Gasteiger partial charge in [-0.2, -0.15) is 5.48 Å². The molecule has 0 heterocycles. The first-order valence-electron chi connectivity index (χ1n) is 6.28. The number of hydroxylamine groups is 1. The number of hydrogen-bond acceptors (Lipinski definition) is 2. The van der Waals surface area contributed by atoms with Crippen molar-refractivity contribution in [2.75, 3.05) is 6.61 Å². The van der Waals surface area contributed by atoms with Crippen molar-refractivity contribution in [1.29, 1.82) is 0 Å². The van der Waals surface area contributed by atoms with Gasteiger partial charge in [0.2, 0.25) is 0 Å². The van der Waals surface area contributed by atoms with Crippen LogP contribution in [0.25, 0.3) is 0 Å². The normalized spacial score (nSPS) is 23.8. The van der Waals surface area contributed by atoms with Crippen molar-refractivity contribution in [3.63, 3.8) is 0 Å². The summed E-state index contributed by atoms with van der Waals surface area (Å²) >= 11 is 5.98. The van der Waals surface area contributed by atoms with E-state index in [2.05, 4.69) is 31.5 Å². The predicted octanol–water partition coefficient (Wildman–Crippen LogP) is 3.76. The van der Waals surface area contributed by atoms with Gasteiger partial charge in [-0.25, -0.2) is 0 Å². The van der Waals surface area contributed by atoms with Gasteiger partial charge in [0.25, 0.3) is 0 Å². The third-order valence-electron chi connectivity index (χ3n) is 3.12. The molecule has 1 aliphatic rings. The van der Waals surface area contributed by atoms with Crippen molar-refractivity contribution >= 4 is 11.6 Å². The average Bonchev–Trinajstić information content (AvgIpc) is 2.21. The van der Waals surface area contributed by atoms with Crippen LogP contribution in [0.1, 0.15) is 38.2 Å². The molecule has 1 aromatic carbocycles. The van der Waals surface area contributed by atoms with E-state index in [0.29, 0.717) is 17.9 Å². The van der Waals surface area contributed by atoms with E-state index in [0.717, 1.165) is 24.5 Å². The number of halogens is 1. The van der Waals surface area contributed by atoms with Crippen LogP contribution in [0.3, 0.4) is 0 Å². The van der Waals surface area contributed by atoms with Gasteiger partial charge in [-0.15, -0.1) is 0 Å². The van der Waals surface area contributed by atoms with E-state index in [1.54, 1.807) is 0 Å². The van der Waals surface area contributed by atoms with Crippen molar-refractivity contribution in [3.8, 4) is 0 Å². The van der Waals surface area contributed by atoms with Crippen molar-refractivity contribution in [1.82, 2.24) is 5.48 Å². The van der Waals surface area contributed by atoms with E-state index < -0.39 is 0 Å². The highest BCUT2D eigenvalue weighted by molar-refractivity contribution is 6.30. The minimum atomic E-state index is 0.498.